The molecule has 9 heteroatoms. The highest BCUT2D eigenvalue weighted by Crippen LogP contribution is 2.40. The summed E-state index contributed by atoms with van der Waals surface area (Å²) in [7, 11) is 0. The van der Waals surface area contributed by atoms with E-state index in [1.165, 1.54) is 0 Å². The minimum atomic E-state index is 0.516. The molecule has 12 rings (SSSR count). The standard InChI is InChI=1S/C55H34N8S/c1-5-17-35(18-6-1)49-57-50(36-19-7-2-8-20-36)60-53(59-49)39-29-31-47(43(33-39)54-61-51(37-21-9-3-10-22-37)58-52(62-54)38-23-11-4-12-24-38)63-45-27-15-13-25-41(45)42-34-40(30-32-46(42)63)55-56-44-26-14-16-28-48(44)64-55/h1-34H. The van der Waals surface area contributed by atoms with Gasteiger partial charge in [-0.25, -0.2) is 34.9 Å². The third-order valence-electron chi connectivity index (χ3n) is 11.3. The van der Waals surface area contributed by atoms with E-state index in [9.17, 15) is 0 Å². The van der Waals surface area contributed by atoms with Gasteiger partial charge in [-0.2, -0.15) is 0 Å². The fourth-order valence-electron chi connectivity index (χ4n) is 8.28. The monoisotopic (exact) mass is 838 g/mol. The first-order valence-corrected chi connectivity index (χ1v) is 21.8. The number of thiazole rings is 1. The van der Waals surface area contributed by atoms with Crippen molar-refractivity contribution in [2.24, 2.45) is 0 Å². The van der Waals surface area contributed by atoms with E-state index in [1.807, 2.05) is 127 Å². The molecule has 0 unspecified atom stereocenters. The summed E-state index contributed by atoms with van der Waals surface area (Å²) < 4.78 is 3.48. The van der Waals surface area contributed by atoms with Crippen LogP contribution < -0.4 is 0 Å². The molecule has 0 aliphatic rings. The van der Waals surface area contributed by atoms with E-state index in [0.717, 1.165) is 81.7 Å². The Hall–Kier alpha value is -8.53. The smallest absolute Gasteiger partial charge is 0.166 e. The molecule has 0 fully saturated rings. The van der Waals surface area contributed by atoms with E-state index in [4.69, 9.17) is 34.9 Å². The van der Waals surface area contributed by atoms with Crippen LogP contribution in [0.3, 0.4) is 0 Å². The fourth-order valence-corrected chi connectivity index (χ4v) is 9.24. The molecule has 0 saturated carbocycles. The predicted molar refractivity (Wildman–Crippen MR) is 259 cm³/mol. The van der Waals surface area contributed by atoms with Crippen LogP contribution in [0.15, 0.2) is 206 Å². The maximum atomic E-state index is 5.27. The Morgan fingerprint density at radius 1 is 0.312 bits per heavy atom. The van der Waals surface area contributed by atoms with Gasteiger partial charge in [-0.05, 0) is 54.6 Å². The van der Waals surface area contributed by atoms with Crippen molar-refractivity contribution < 1.29 is 0 Å². The Labute approximate surface area is 372 Å². The molecule has 0 saturated heterocycles. The van der Waals surface area contributed by atoms with Crippen LogP contribution >= 0.6 is 11.3 Å². The maximum Gasteiger partial charge on any atom is 0.166 e. The molecule has 300 valence electrons. The summed E-state index contributed by atoms with van der Waals surface area (Å²) >= 11 is 1.71. The minimum absolute atomic E-state index is 0.516. The normalized spacial score (nSPS) is 11.4. The Balaban J connectivity index is 1.12. The largest absolute Gasteiger partial charge is 0.309 e. The van der Waals surface area contributed by atoms with Gasteiger partial charge < -0.3 is 4.57 Å². The van der Waals surface area contributed by atoms with Crippen LogP contribution in [-0.4, -0.2) is 39.5 Å². The van der Waals surface area contributed by atoms with Gasteiger partial charge in [0.2, 0.25) is 0 Å². The number of fused-ring (bicyclic) bond motifs is 4. The van der Waals surface area contributed by atoms with Gasteiger partial charge in [0.15, 0.2) is 34.9 Å². The first kappa shape index (κ1) is 37.2. The van der Waals surface area contributed by atoms with Gasteiger partial charge in [0.05, 0.1) is 26.9 Å². The average molecular weight is 839 g/mol. The predicted octanol–water partition coefficient (Wildman–Crippen LogP) is 13.4. The van der Waals surface area contributed by atoms with Crippen molar-refractivity contribution in [3.05, 3.63) is 206 Å². The Morgan fingerprint density at radius 2 is 0.766 bits per heavy atom. The van der Waals surface area contributed by atoms with E-state index in [2.05, 4.69) is 83.4 Å². The fraction of sp³-hybridized carbons (Fsp3) is 0. The SMILES string of the molecule is c1ccc(-c2nc(-c3ccccc3)nc(-c3ccc(-n4c5ccccc5c5cc(-c6nc7ccccc7s6)ccc54)c(-c4nc(-c5ccccc5)nc(-c5ccccc5)n4)c3)n2)cc1. The lowest BCUT2D eigenvalue weighted by atomic mass is 10.1. The quantitative estimate of drug-likeness (QED) is 0.150. The van der Waals surface area contributed by atoms with Gasteiger partial charge in [0.1, 0.15) is 5.01 Å². The zero-order valence-corrected chi connectivity index (χ0v) is 34.9. The highest BCUT2D eigenvalue weighted by molar-refractivity contribution is 7.21. The van der Waals surface area contributed by atoms with Gasteiger partial charge in [-0.15, -0.1) is 11.3 Å². The van der Waals surface area contributed by atoms with Gasteiger partial charge in [0.25, 0.3) is 0 Å². The maximum absolute atomic E-state index is 5.27. The molecule has 64 heavy (non-hydrogen) atoms. The van der Waals surface area contributed by atoms with Gasteiger partial charge in [-0.3, -0.25) is 0 Å². The van der Waals surface area contributed by atoms with Crippen LogP contribution in [0.4, 0.5) is 0 Å². The van der Waals surface area contributed by atoms with Crippen LogP contribution in [0, 0.1) is 0 Å². The third kappa shape index (κ3) is 6.77. The van der Waals surface area contributed by atoms with E-state index < -0.39 is 0 Å². The van der Waals surface area contributed by atoms with E-state index in [0.29, 0.717) is 34.9 Å². The summed E-state index contributed by atoms with van der Waals surface area (Å²) in [4.78, 5) is 35.8. The Bertz CT molecular complexity index is 3520. The molecule has 0 spiro atoms. The van der Waals surface area contributed by atoms with Crippen LogP contribution in [0.1, 0.15) is 0 Å². The highest BCUT2D eigenvalue weighted by atomic mass is 32.1. The molecule has 0 atom stereocenters. The first-order valence-electron chi connectivity index (χ1n) is 21.0. The van der Waals surface area contributed by atoms with Crippen molar-refractivity contribution in [2.75, 3.05) is 0 Å². The second-order valence-corrected chi connectivity index (χ2v) is 16.4. The number of hydrogen-bond acceptors (Lipinski definition) is 8. The Kier molecular flexibility index (Phi) is 9.16. The van der Waals surface area contributed by atoms with Crippen molar-refractivity contribution in [3.8, 4) is 84.6 Å². The van der Waals surface area contributed by atoms with Gasteiger partial charge >= 0.3 is 0 Å². The van der Waals surface area contributed by atoms with E-state index >= 15 is 0 Å². The third-order valence-corrected chi connectivity index (χ3v) is 12.4. The number of hydrogen-bond donors (Lipinski definition) is 0. The number of benzene rings is 8. The lowest BCUT2D eigenvalue weighted by Gasteiger charge is -2.16. The Morgan fingerprint density at radius 3 is 1.33 bits per heavy atom. The van der Waals surface area contributed by atoms with Crippen molar-refractivity contribution in [3.63, 3.8) is 0 Å². The summed E-state index contributed by atoms with van der Waals surface area (Å²) in [6.07, 6.45) is 0. The first-order chi connectivity index (χ1) is 31.7. The minimum Gasteiger partial charge on any atom is -0.309 e. The molecule has 8 nitrogen and oxygen atoms in total. The summed E-state index contributed by atoms with van der Waals surface area (Å²) in [6.45, 7) is 0. The van der Waals surface area contributed by atoms with Crippen LogP contribution in [0.5, 0.6) is 0 Å². The molecule has 0 bridgehead atoms. The highest BCUT2D eigenvalue weighted by Gasteiger charge is 2.22. The number of para-hydroxylation sites is 2. The summed E-state index contributed by atoms with van der Waals surface area (Å²) in [5, 5.41) is 3.23. The molecule has 0 amide bonds. The van der Waals surface area contributed by atoms with Crippen LogP contribution in [-0.2, 0) is 0 Å². The molecule has 0 aliphatic heterocycles. The molecule has 4 heterocycles. The average Bonchev–Trinajstić information content (AvgIpc) is 3.96. The second kappa shape index (κ2) is 15.7. The molecular formula is C55H34N8S. The lowest BCUT2D eigenvalue weighted by Crippen LogP contribution is -2.05. The summed E-state index contributed by atoms with van der Waals surface area (Å²) in [6, 6.07) is 70.0. The lowest BCUT2D eigenvalue weighted by molar-refractivity contribution is 1.06. The van der Waals surface area contributed by atoms with Crippen molar-refractivity contribution in [1.82, 2.24) is 39.5 Å². The van der Waals surface area contributed by atoms with Crippen molar-refractivity contribution in [2.45, 2.75) is 0 Å². The van der Waals surface area contributed by atoms with Gasteiger partial charge in [0, 0.05) is 49.7 Å². The number of nitrogens with zero attached hydrogens (tertiary/aromatic N) is 8. The van der Waals surface area contributed by atoms with E-state index in [-0.39, 0.29) is 0 Å². The van der Waals surface area contributed by atoms with Crippen molar-refractivity contribution in [1.29, 1.82) is 0 Å². The summed E-state index contributed by atoms with van der Waals surface area (Å²) in [5.41, 5.74) is 10.2. The van der Waals surface area contributed by atoms with Crippen LogP contribution in [0.2, 0.25) is 0 Å². The molecule has 12 aromatic rings. The zero-order valence-electron chi connectivity index (χ0n) is 34.1. The molecular weight excluding hydrogens is 805 g/mol. The van der Waals surface area contributed by atoms with Crippen LogP contribution in [0.25, 0.3) is 117 Å². The molecule has 0 N–H and O–H groups in total. The second-order valence-electron chi connectivity index (χ2n) is 15.4. The van der Waals surface area contributed by atoms with E-state index in [1.54, 1.807) is 11.3 Å². The molecule has 0 aliphatic carbocycles. The van der Waals surface area contributed by atoms with Crippen molar-refractivity contribution >= 4 is 43.4 Å². The molecule has 0 radical (unpaired) electrons. The topological polar surface area (TPSA) is 95.2 Å². The summed E-state index contributed by atoms with van der Waals surface area (Å²) in [5.74, 6) is 3.35. The molecule has 4 aromatic heterocycles. The van der Waals surface area contributed by atoms with Gasteiger partial charge in [-0.1, -0.05) is 152 Å². The zero-order chi connectivity index (χ0) is 42.4. The molecule has 8 aromatic carbocycles. The number of rotatable bonds is 8. The number of aromatic nitrogens is 8.